The van der Waals surface area contributed by atoms with Gasteiger partial charge in [0.25, 0.3) is 0 Å². The second kappa shape index (κ2) is 18.0. The lowest BCUT2D eigenvalue weighted by atomic mass is 9.73. The van der Waals surface area contributed by atoms with Crippen LogP contribution in [0.2, 0.25) is 0 Å². The molecule has 4 nitrogen and oxygen atoms in total. The van der Waals surface area contributed by atoms with Crippen LogP contribution in [0.3, 0.4) is 0 Å². The third-order valence-corrected chi connectivity index (χ3v) is 18.2. The largest absolute Gasteiger partial charge is 0.378 e. The summed E-state index contributed by atoms with van der Waals surface area (Å²) >= 11 is 0. The Hall–Kier alpha value is -9.64. The van der Waals surface area contributed by atoms with Crippen molar-refractivity contribution >= 4 is 71.9 Å². The number of fused-ring (bicyclic) bond motifs is 11. The molecule has 0 aliphatic heterocycles. The molecule has 2 unspecified atom stereocenters. The molecule has 4 aliphatic carbocycles. The van der Waals surface area contributed by atoms with Crippen molar-refractivity contribution in [3.05, 3.63) is 287 Å². The molecule has 3 heterocycles. The maximum atomic E-state index is 3.80. The highest BCUT2D eigenvalue weighted by atomic mass is 15.0. The van der Waals surface area contributed by atoms with Crippen molar-refractivity contribution in [3.8, 4) is 39.3 Å². The number of anilines is 1. The zero-order chi connectivity index (χ0) is 52.4. The first-order valence-electron chi connectivity index (χ1n) is 28.7. The van der Waals surface area contributed by atoms with E-state index in [-0.39, 0.29) is 12.0 Å². The summed E-state index contributed by atoms with van der Waals surface area (Å²) in [4.78, 5) is 0. The number of allylic oxidation sites excluding steroid dienone is 3. The van der Waals surface area contributed by atoms with Crippen molar-refractivity contribution in [2.45, 2.75) is 50.5 Å². The third kappa shape index (κ3) is 6.94. The van der Waals surface area contributed by atoms with Gasteiger partial charge in [0.05, 0.1) is 33.6 Å². The Bertz CT molecular complexity index is 4780. The lowest BCUT2D eigenvalue weighted by Crippen LogP contribution is -2.25. The Balaban J connectivity index is 0.821. The number of hydrogen-bond acceptors (Lipinski definition) is 1. The molecule has 2 atom stereocenters. The van der Waals surface area contributed by atoms with Gasteiger partial charge in [-0.2, -0.15) is 0 Å². The minimum atomic E-state index is 0.153. The van der Waals surface area contributed by atoms with Crippen LogP contribution < -0.4 is 5.32 Å². The summed E-state index contributed by atoms with van der Waals surface area (Å²) in [6, 6.07) is 81.7. The molecule has 0 bridgehead atoms. The number of aromatic nitrogens is 3. The van der Waals surface area contributed by atoms with E-state index in [1.165, 1.54) is 144 Å². The van der Waals surface area contributed by atoms with E-state index < -0.39 is 0 Å². The molecule has 13 aromatic rings. The van der Waals surface area contributed by atoms with Gasteiger partial charge in [0.2, 0.25) is 0 Å². The van der Waals surface area contributed by atoms with Crippen LogP contribution in [0.25, 0.3) is 105 Å². The van der Waals surface area contributed by atoms with Crippen molar-refractivity contribution in [1.82, 2.24) is 13.7 Å². The zero-order valence-electron chi connectivity index (χ0n) is 44.4. The fourth-order valence-electron chi connectivity index (χ4n) is 14.8. The Kier molecular flexibility index (Phi) is 10.2. The Morgan fingerprint density at radius 1 is 0.375 bits per heavy atom. The molecule has 0 amide bonds. The second-order valence-electron chi connectivity index (χ2n) is 22.6. The highest BCUT2D eigenvalue weighted by Crippen LogP contribution is 2.52. The highest BCUT2D eigenvalue weighted by molar-refractivity contribution is 6.15. The fraction of sp³-hybridized carbons (Fsp3) is 0.105. The molecule has 4 aliphatic rings. The standard InChI is InChI=1S/C76H56N4/c1-5-20-55(21-6-1)77-68-30-15-13-28-59(68)52-19-17-18-48(42-52)49-35-40-71-64(44-49)66-46-53-32-33-54-47-67-65-45-51(50-34-39-70-63(43-50)60-29-14-16-31-69(60)78(70)56-22-7-2-8-23-56)36-41-72(65)80(58-26-11-4-12-27-58)76(67)62-38-37-61(73(53)74(54)62)75(66)79(71)57-24-9-3-10-25-57/h1-31,34-35,39-40,42-47,59,68,77H,32-33,36-38,41H2. The molecule has 0 saturated heterocycles. The summed E-state index contributed by atoms with van der Waals surface area (Å²) in [5.74, 6) is 0.203. The normalized spacial score (nSPS) is 16.2. The van der Waals surface area contributed by atoms with Gasteiger partial charge < -0.3 is 19.0 Å². The molecule has 1 N–H and O–H groups in total. The number of nitrogens with one attached hydrogen (secondary N) is 1. The van der Waals surface area contributed by atoms with E-state index >= 15 is 0 Å². The van der Waals surface area contributed by atoms with Crippen LogP contribution in [0.4, 0.5) is 5.69 Å². The van der Waals surface area contributed by atoms with Crippen LogP contribution in [-0.4, -0.2) is 19.7 Å². The van der Waals surface area contributed by atoms with Crippen LogP contribution in [-0.2, 0) is 32.1 Å². The van der Waals surface area contributed by atoms with Crippen LogP contribution in [0.5, 0.6) is 0 Å². The van der Waals surface area contributed by atoms with Gasteiger partial charge in [0.15, 0.2) is 0 Å². The SMILES string of the molecule is C1=CC(Nc2ccccc2)C(c2cccc(-c3ccc4c(c3)c3cc5c6c(c3n4-c3ccccc3)CCc3c-6c(cc4c6c(n(-c7ccccc7)c34)CCC(c3ccc4c(c3)c3ccccc3n4-c3ccccc3)=C6)CC5)c2)C=C1. The quantitative estimate of drug-likeness (QED) is 0.161. The van der Waals surface area contributed by atoms with Gasteiger partial charge in [0, 0.05) is 66.9 Å². The van der Waals surface area contributed by atoms with E-state index in [0.717, 1.165) is 44.2 Å². The topological polar surface area (TPSA) is 26.8 Å². The minimum Gasteiger partial charge on any atom is -0.378 e. The van der Waals surface area contributed by atoms with Gasteiger partial charge in [0.1, 0.15) is 0 Å². The van der Waals surface area contributed by atoms with Gasteiger partial charge in [-0.05, 0) is 197 Å². The van der Waals surface area contributed by atoms with Crippen LogP contribution in [0, 0.1) is 0 Å². The lowest BCUT2D eigenvalue weighted by molar-refractivity contribution is 0.756. The first-order valence-corrected chi connectivity index (χ1v) is 28.7. The molecular formula is C76H56N4. The van der Waals surface area contributed by atoms with E-state index in [4.69, 9.17) is 0 Å². The molecule has 4 heteroatoms. The molecule has 3 aromatic heterocycles. The van der Waals surface area contributed by atoms with Crippen molar-refractivity contribution in [2.24, 2.45) is 0 Å². The summed E-state index contributed by atoms with van der Waals surface area (Å²) in [7, 11) is 0. The van der Waals surface area contributed by atoms with Crippen molar-refractivity contribution in [2.75, 3.05) is 5.32 Å². The van der Waals surface area contributed by atoms with E-state index in [1.54, 1.807) is 0 Å². The van der Waals surface area contributed by atoms with Crippen LogP contribution >= 0.6 is 0 Å². The van der Waals surface area contributed by atoms with Gasteiger partial charge in [-0.25, -0.2) is 0 Å². The summed E-state index contributed by atoms with van der Waals surface area (Å²) in [6.07, 6.45) is 17.5. The Morgan fingerprint density at radius 2 is 0.938 bits per heavy atom. The highest BCUT2D eigenvalue weighted by Gasteiger charge is 2.35. The first-order chi connectivity index (χ1) is 39.7. The zero-order valence-corrected chi connectivity index (χ0v) is 44.4. The molecule has 80 heavy (non-hydrogen) atoms. The molecule has 10 aromatic carbocycles. The maximum absolute atomic E-state index is 3.80. The number of hydrogen-bond donors (Lipinski definition) is 1. The number of aryl methyl sites for hydroxylation is 4. The fourth-order valence-corrected chi connectivity index (χ4v) is 14.8. The van der Waals surface area contributed by atoms with Crippen LogP contribution in [0.15, 0.2) is 243 Å². The Morgan fingerprint density at radius 3 is 1.68 bits per heavy atom. The van der Waals surface area contributed by atoms with Crippen molar-refractivity contribution in [3.63, 3.8) is 0 Å². The molecule has 0 radical (unpaired) electrons. The van der Waals surface area contributed by atoms with Gasteiger partial charge in [-0.15, -0.1) is 0 Å². The van der Waals surface area contributed by atoms with E-state index in [9.17, 15) is 0 Å². The van der Waals surface area contributed by atoms with Gasteiger partial charge in [-0.1, -0.05) is 152 Å². The lowest BCUT2D eigenvalue weighted by Gasteiger charge is -2.31. The molecule has 0 fully saturated rings. The number of para-hydroxylation sites is 5. The Labute approximate surface area is 465 Å². The summed E-state index contributed by atoms with van der Waals surface area (Å²) in [6.45, 7) is 0. The monoisotopic (exact) mass is 1020 g/mol. The van der Waals surface area contributed by atoms with Crippen molar-refractivity contribution < 1.29 is 0 Å². The summed E-state index contributed by atoms with van der Waals surface area (Å²) in [5.41, 5.74) is 29.6. The van der Waals surface area contributed by atoms with Crippen LogP contribution in [0.1, 0.15) is 57.0 Å². The second-order valence-corrected chi connectivity index (χ2v) is 22.6. The third-order valence-electron chi connectivity index (χ3n) is 18.2. The molecule has 17 rings (SSSR count). The van der Waals surface area contributed by atoms with E-state index in [2.05, 4.69) is 268 Å². The molecule has 0 spiro atoms. The number of benzene rings is 10. The van der Waals surface area contributed by atoms with Gasteiger partial charge >= 0.3 is 0 Å². The smallest absolute Gasteiger partial charge is 0.0579 e. The summed E-state index contributed by atoms with van der Waals surface area (Å²) < 4.78 is 7.68. The van der Waals surface area contributed by atoms with Crippen molar-refractivity contribution in [1.29, 1.82) is 0 Å². The predicted molar refractivity (Wildman–Crippen MR) is 335 cm³/mol. The summed E-state index contributed by atoms with van der Waals surface area (Å²) in [5, 5.41) is 10.5. The van der Waals surface area contributed by atoms with Gasteiger partial charge in [-0.3, -0.25) is 0 Å². The van der Waals surface area contributed by atoms with E-state index in [0.29, 0.717) is 0 Å². The average molecular weight is 1030 g/mol. The number of nitrogens with zero attached hydrogens (tertiary/aromatic N) is 3. The first kappa shape index (κ1) is 45.4. The maximum Gasteiger partial charge on any atom is 0.0579 e. The number of rotatable bonds is 8. The minimum absolute atomic E-state index is 0.153. The van der Waals surface area contributed by atoms with E-state index in [1.807, 2.05) is 0 Å². The molecule has 380 valence electrons. The molecular weight excluding hydrogens is 969 g/mol. The predicted octanol–water partition coefficient (Wildman–Crippen LogP) is 18.5. The molecule has 0 saturated carbocycles. The average Bonchev–Trinajstić information content (AvgIpc) is 4.36.